The van der Waals surface area contributed by atoms with E-state index in [-0.39, 0.29) is 10.9 Å². The fourth-order valence-corrected chi connectivity index (χ4v) is 2.29. The van der Waals surface area contributed by atoms with Crippen LogP contribution >= 0.6 is 12.2 Å². The molecule has 0 aliphatic rings. The van der Waals surface area contributed by atoms with Gasteiger partial charge < -0.3 is 10.6 Å². The molecular formula is C15H22N2OS. The van der Waals surface area contributed by atoms with Gasteiger partial charge in [-0.15, -0.1) is 0 Å². The van der Waals surface area contributed by atoms with E-state index in [1.54, 1.807) is 18.9 Å². The molecule has 1 atom stereocenters. The maximum absolute atomic E-state index is 12.6. The summed E-state index contributed by atoms with van der Waals surface area (Å²) in [5.74, 6) is -0.0625. The molecule has 1 aromatic carbocycles. The molecule has 0 aliphatic carbocycles. The van der Waals surface area contributed by atoms with E-state index < -0.39 is 5.41 Å². The van der Waals surface area contributed by atoms with Gasteiger partial charge in [-0.1, -0.05) is 25.2 Å². The van der Waals surface area contributed by atoms with E-state index in [0.29, 0.717) is 6.42 Å². The van der Waals surface area contributed by atoms with Crippen molar-refractivity contribution in [3.63, 3.8) is 0 Å². The third kappa shape index (κ3) is 3.13. The van der Waals surface area contributed by atoms with Gasteiger partial charge in [-0.25, -0.2) is 0 Å². The Balaban J connectivity index is 3.15. The fraction of sp³-hybridized carbons (Fsp3) is 0.467. The monoisotopic (exact) mass is 278 g/mol. The number of anilines is 1. The molecule has 0 heterocycles. The van der Waals surface area contributed by atoms with Gasteiger partial charge in [0.15, 0.2) is 0 Å². The molecule has 0 aromatic heterocycles. The molecule has 0 radical (unpaired) electrons. The summed E-state index contributed by atoms with van der Waals surface area (Å²) >= 11 is 5.06. The zero-order valence-electron chi connectivity index (χ0n) is 12.3. The summed E-state index contributed by atoms with van der Waals surface area (Å²) in [6.07, 6.45) is 0.594. The van der Waals surface area contributed by atoms with Crippen molar-refractivity contribution in [2.24, 2.45) is 11.1 Å². The van der Waals surface area contributed by atoms with Gasteiger partial charge in [0, 0.05) is 12.7 Å². The number of hydrogen-bond donors (Lipinski definition) is 1. The van der Waals surface area contributed by atoms with Crippen molar-refractivity contribution in [3.05, 3.63) is 29.3 Å². The van der Waals surface area contributed by atoms with Crippen LogP contribution in [0.5, 0.6) is 0 Å². The van der Waals surface area contributed by atoms with Crippen molar-refractivity contribution >= 4 is 28.8 Å². The van der Waals surface area contributed by atoms with Gasteiger partial charge in [-0.3, -0.25) is 4.79 Å². The van der Waals surface area contributed by atoms with Crippen LogP contribution in [-0.2, 0) is 4.79 Å². The van der Waals surface area contributed by atoms with Gasteiger partial charge in [0.1, 0.15) is 0 Å². The smallest absolute Gasteiger partial charge is 0.239 e. The predicted molar refractivity (Wildman–Crippen MR) is 84.5 cm³/mol. The molecule has 1 rings (SSSR count). The second kappa shape index (κ2) is 5.70. The summed E-state index contributed by atoms with van der Waals surface area (Å²) in [6.45, 7) is 7.76. The Bertz CT molecular complexity index is 493. The number of thiocarbonyl (C=S) groups is 1. The van der Waals surface area contributed by atoms with Gasteiger partial charge in [0.05, 0.1) is 10.4 Å². The standard InChI is InChI=1S/C15H22N2OS/c1-6-15(4,13(16)19)14(18)17(5)12-8-10(2)7-11(3)9-12/h7-9H,6H2,1-5H3,(H2,16,19). The first kappa shape index (κ1) is 15.6. The Morgan fingerprint density at radius 1 is 1.32 bits per heavy atom. The van der Waals surface area contributed by atoms with Crippen LogP contribution in [0.25, 0.3) is 0 Å². The highest BCUT2D eigenvalue weighted by molar-refractivity contribution is 7.80. The molecule has 104 valence electrons. The Morgan fingerprint density at radius 2 is 1.79 bits per heavy atom. The van der Waals surface area contributed by atoms with Crippen molar-refractivity contribution in [2.45, 2.75) is 34.1 Å². The van der Waals surface area contributed by atoms with Gasteiger partial charge in [0.2, 0.25) is 5.91 Å². The molecule has 3 nitrogen and oxygen atoms in total. The molecule has 1 amide bonds. The maximum atomic E-state index is 12.6. The van der Waals surface area contributed by atoms with E-state index in [2.05, 4.69) is 6.07 Å². The van der Waals surface area contributed by atoms with Crippen LogP contribution in [0, 0.1) is 19.3 Å². The molecule has 0 saturated heterocycles. The second-order valence-corrected chi connectivity index (χ2v) is 5.70. The lowest BCUT2D eigenvalue weighted by Gasteiger charge is -2.31. The molecule has 0 saturated carbocycles. The number of aryl methyl sites for hydroxylation is 2. The van der Waals surface area contributed by atoms with Gasteiger partial charge in [0.25, 0.3) is 0 Å². The summed E-state index contributed by atoms with van der Waals surface area (Å²) in [5.41, 5.74) is 8.08. The molecule has 4 heteroatoms. The van der Waals surface area contributed by atoms with Crippen LogP contribution in [-0.4, -0.2) is 17.9 Å². The molecule has 0 fully saturated rings. The van der Waals surface area contributed by atoms with Gasteiger partial charge >= 0.3 is 0 Å². The molecule has 1 aromatic rings. The summed E-state index contributed by atoms with van der Waals surface area (Å²) in [6, 6.07) is 6.05. The molecule has 0 bridgehead atoms. The minimum Gasteiger partial charge on any atom is -0.392 e. The molecule has 0 spiro atoms. The summed E-state index contributed by atoms with van der Waals surface area (Å²) in [7, 11) is 1.77. The average molecular weight is 278 g/mol. The predicted octanol–water partition coefficient (Wildman–Crippen LogP) is 2.97. The average Bonchev–Trinajstić information content (AvgIpc) is 2.34. The first-order valence-electron chi connectivity index (χ1n) is 6.38. The SMILES string of the molecule is CCC(C)(C(=O)N(C)c1cc(C)cc(C)c1)C(N)=S. The molecule has 1 unspecified atom stereocenters. The van der Waals surface area contributed by atoms with E-state index in [0.717, 1.165) is 16.8 Å². The number of carbonyl (C=O) groups excluding carboxylic acids is 1. The minimum atomic E-state index is -0.790. The van der Waals surface area contributed by atoms with Crippen LogP contribution in [0.1, 0.15) is 31.4 Å². The first-order valence-corrected chi connectivity index (χ1v) is 6.79. The fourth-order valence-electron chi connectivity index (χ4n) is 2.06. The van der Waals surface area contributed by atoms with E-state index in [9.17, 15) is 4.79 Å². The topological polar surface area (TPSA) is 46.3 Å². The van der Waals surface area contributed by atoms with E-state index >= 15 is 0 Å². The Hall–Kier alpha value is -1.42. The summed E-state index contributed by atoms with van der Waals surface area (Å²) in [5, 5.41) is 0. The van der Waals surface area contributed by atoms with Crippen molar-refractivity contribution in [3.8, 4) is 0 Å². The van der Waals surface area contributed by atoms with Crippen LogP contribution in [0.3, 0.4) is 0 Å². The van der Waals surface area contributed by atoms with Gasteiger partial charge in [-0.05, 0) is 50.5 Å². The zero-order valence-corrected chi connectivity index (χ0v) is 13.1. The number of rotatable bonds is 4. The van der Waals surface area contributed by atoms with Crippen molar-refractivity contribution in [2.75, 3.05) is 11.9 Å². The number of hydrogen-bond acceptors (Lipinski definition) is 2. The largest absolute Gasteiger partial charge is 0.392 e. The van der Waals surface area contributed by atoms with E-state index in [1.165, 1.54) is 0 Å². The van der Waals surface area contributed by atoms with Crippen LogP contribution in [0.2, 0.25) is 0 Å². The molecule has 0 aliphatic heterocycles. The summed E-state index contributed by atoms with van der Waals surface area (Å²) in [4.78, 5) is 14.5. The number of nitrogens with zero attached hydrogens (tertiary/aromatic N) is 1. The minimum absolute atomic E-state index is 0.0625. The summed E-state index contributed by atoms with van der Waals surface area (Å²) < 4.78 is 0. The number of carbonyl (C=O) groups is 1. The second-order valence-electron chi connectivity index (χ2n) is 5.26. The zero-order chi connectivity index (χ0) is 14.8. The lowest BCUT2D eigenvalue weighted by Crippen LogP contribution is -2.47. The normalized spacial score (nSPS) is 13.7. The highest BCUT2D eigenvalue weighted by Crippen LogP contribution is 2.28. The molecule has 19 heavy (non-hydrogen) atoms. The van der Waals surface area contributed by atoms with Crippen molar-refractivity contribution in [1.82, 2.24) is 0 Å². The molecular weight excluding hydrogens is 256 g/mol. The highest BCUT2D eigenvalue weighted by atomic mass is 32.1. The van der Waals surface area contributed by atoms with E-state index in [1.807, 2.05) is 32.9 Å². The Morgan fingerprint density at radius 3 is 2.16 bits per heavy atom. The number of amides is 1. The van der Waals surface area contributed by atoms with Crippen LogP contribution < -0.4 is 10.6 Å². The van der Waals surface area contributed by atoms with Crippen molar-refractivity contribution < 1.29 is 4.79 Å². The first-order chi connectivity index (χ1) is 8.72. The van der Waals surface area contributed by atoms with E-state index in [4.69, 9.17) is 18.0 Å². The molecule has 2 N–H and O–H groups in total. The van der Waals surface area contributed by atoms with Crippen LogP contribution in [0.4, 0.5) is 5.69 Å². The quantitative estimate of drug-likeness (QED) is 0.861. The third-order valence-corrected chi connectivity index (χ3v) is 4.07. The van der Waals surface area contributed by atoms with Gasteiger partial charge in [-0.2, -0.15) is 0 Å². The number of benzene rings is 1. The highest BCUT2D eigenvalue weighted by Gasteiger charge is 2.37. The Kier molecular flexibility index (Phi) is 4.69. The van der Waals surface area contributed by atoms with Crippen LogP contribution in [0.15, 0.2) is 18.2 Å². The van der Waals surface area contributed by atoms with Crippen molar-refractivity contribution in [1.29, 1.82) is 0 Å². The lowest BCUT2D eigenvalue weighted by molar-refractivity contribution is -0.124. The third-order valence-electron chi connectivity index (χ3n) is 3.62. The Labute approximate surface area is 120 Å². The maximum Gasteiger partial charge on any atom is 0.239 e. The lowest BCUT2D eigenvalue weighted by atomic mass is 9.85. The number of nitrogens with two attached hydrogens (primary N) is 1.